The number of hydrogen-bond donors (Lipinski definition) is 2. The molecule has 2 fully saturated rings. The first kappa shape index (κ1) is 18.2. The first-order valence-electron chi connectivity index (χ1n) is 7.16. The van der Waals surface area contributed by atoms with Crippen LogP contribution in [0.5, 0.6) is 0 Å². The van der Waals surface area contributed by atoms with Gasteiger partial charge in [0, 0.05) is 12.7 Å². The Morgan fingerprint density at radius 2 is 2.24 bits per heavy atom. The molecule has 1 aromatic rings. The van der Waals surface area contributed by atoms with Crippen molar-refractivity contribution < 1.29 is 4.79 Å². The number of aryl methyl sites for hydroxylation is 1. The summed E-state index contributed by atoms with van der Waals surface area (Å²) in [4.78, 5) is 17.0. The maximum absolute atomic E-state index is 12.7. The predicted octanol–water partition coefficient (Wildman–Crippen LogP) is 2.95. The molecule has 6 heteroatoms. The predicted molar refractivity (Wildman–Crippen MR) is 89.4 cm³/mol. The first-order valence-corrected chi connectivity index (χ1v) is 7.16. The number of nitrogens with zero attached hydrogens (tertiary/aromatic N) is 1. The van der Waals surface area contributed by atoms with Gasteiger partial charge in [-0.15, -0.1) is 24.8 Å². The number of nitrogens with one attached hydrogen (secondary N) is 2. The fourth-order valence-electron chi connectivity index (χ4n) is 3.55. The van der Waals surface area contributed by atoms with Crippen LogP contribution in [0, 0.1) is 18.3 Å². The van der Waals surface area contributed by atoms with Crippen molar-refractivity contribution in [1.29, 1.82) is 0 Å². The van der Waals surface area contributed by atoms with Crippen LogP contribution in [0.2, 0.25) is 0 Å². The smallest absolute Gasteiger partial charge is 0.232 e. The van der Waals surface area contributed by atoms with Crippen molar-refractivity contribution in [3.05, 3.63) is 24.0 Å². The minimum absolute atomic E-state index is 0. The number of pyridine rings is 1. The van der Waals surface area contributed by atoms with E-state index in [2.05, 4.69) is 15.6 Å². The summed E-state index contributed by atoms with van der Waals surface area (Å²) >= 11 is 0. The Labute approximate surface area is 138 Å². The SMILES string of the molecule is Cc1ncccc1NC(=O)[C@@]12CCCC[C@H]1CNC2.Cl.Cl. The van der Waals surface area contributed by atoms with Crippen LogP contribution in [-0.4, -0.2) is 24.0 Å². The molecule has 1 aliphatic heterocycles. The van der Waals surface area contributed by atoms with Crippen LogP contribution in [0.3, 0.4) is 0 Å². The monoisotopic (exact) mass is 331 g/mol. The number of carbonyl (C=O) groups is 1. The number of rotatable bonds is 2. The van der Waals surface area contributed by atoms with Crippen LogP contribution in [0.4, 0.5) is 5.69 Å². The van der Waals surface area contributed by atoms with Crippen LogP contribution in [0.15, 0.2) is 18.3 Å². The molecule has 1 saturated carbocycles. The zero-order valence-corrected chi connectivity index (χ0v) is 13.9. The van der Waals surface area contributed by atoms with Crippen LogP contribution < -0.4 is 10.6 Å². The molecule has 2 N–H and O–H groups in total. The van der Waals surface area contributed by atoms with Gasteiger partial charge in [-0.25, -0.2) is 0 Å². The Bertz CT molecular complexity index is 498. The largest absolute Gasteiger partial charge is 0.324 e. The van der Waals surface area contributed by atoms with Gasteiger partial charge in [-0.1, -0.05) is 12.8 Å². The number of hydrogen-bond acceptors (Lipinski definition) is 3. The normalized spacial score (nSPS) is 27.0. The summed E-state index contributed by atoms with van der Waals surface area (Å²) < 4.78 is 0. The molecule has 1 saturated heterocycles. The van der Waals surface area contributed by atoms with E-state index in [9.17, 15) is 4.79 Å². The minimum atomic E-state index is -0.194. The molecule has 1 aliphatic carbocycles. The first-order chi connectivity index (χ1) is 9.22. The Kier molecular flexibility index (Phi) is 6.44. The Morgan fingerprint density at radius 3 is 3.00 bits per heavy atom. The summed E-state index contributed by atoms with van der Waals surface area (Å²) in [5.74, 6) is 0.677. The molecular weight excluding hydrogens is 309 g/mol. The van der Waals surface area contributed by atoms with Crippen molar-refractivity contribution in [3.8, 4) is 0 Å². The van der Waals surface area contributed by atoms with Crippen molar-refractivity contribution >= 4 is 36.4 Å². The maximum Gasteiger partial charge on any atom is 0.232 e. The lowest BCUT2D eigenvalue weighted by Crippen LogP contribution is -2.44. The van der Waals surface area contributed by atoms with Crippen molar-refractivity contribution in [1.82, 2.24) is 10.3 Å². The summed E-state index contributed by atoms with van der Waals surface area (Å²) in [5, 5.41) is 6.51. The van der Waals surface area contributed by atoms with E-state index in [-0.39, 0.29) is 36.1 Å². The molecule has 1 aromatic heterocycles. The minimum Gasteiger partial charge on any atom is -0.324 e. The van der Waals surface area contributed by atoms with Crippen molar-refractivity contribution in [2.75, 3.05) is 18.4 Å². The van der Waals surface area contributed by atoms with Crippen LogP contribution in [0.25, 0.3) is 0 Å². The van der Waals surface area contributed by atoms with Gasteiger partial charge in [0.1, 0.15) is 0 Å². The number of anilines is 1. The van der Waals surface area contributed by atoms with Crippen LogP contribution in [-0.2, 0) is 4.79 Å². The second-order valence-corrected chi connectivity index (χ2v) is 5.82. The summed E-state index contributed by atoms with van der Waals surface area (Å²) in [6.45, 7) is 3.74. The van der Waals surface area contributed by atoms with Gasteiger partial charge < -0.3 is 10.6 Å². The van der Waals surface area contributed by atoms with Gasteiger partial charge in [0.2, 0.25) is 5.91 Å². The highest BCUT2D eigenvalue weighted by molar-refractivity contribution is 5.96. The molecule has 0 unspecified atom stereocenters. The van der Waals surface area contributed by atoms with Gasteiger partial charge >= 0.3 is 0 Å². The van der Waals surface area contributed by atoms with Gasteiger partial charge in [-0.3, -0.25) is 9.78 Å². The Hall–Kier alpha value is -0.840. The molecule has 2 aliphatic rings. The summed E-state index contributed by atoms with van der Waals surface area (Å²) in [6, 6.07) is 3.79. The van der Waals surface area contributed by atoms with Gasteiger partial charge in [0.25, 0.3) is 0 Å². The maximum atomic E-state index is 12.7. The molecule has 118 valence electrons. The van der Waals surface area contributed by atoms with Gasteiger partial charge in [0.15, 0.2) is 0 Å². The highest BCUT2D eigenvalue weighted by atomic mass is 35.5. The number of carbonyl (C=O) groups excluding carboxylic acids is 1. The molecule has 21 heavy (non-hydrogen) atoms. The highest BCUT2D eigenvalue weighted by Gasteiger charge is 2.49. The van der Waals surface area contributed by atoms with E-state index in [1.165, 1.54) is 12.8 Å². The van der Waals surface area contributed by atoms with Gasteiger partial charge in [0.05, 0.1) is 16.8 Å². The van der Waals surface area contributed by atoms with Gasteiger partial charge in [-0.05, 0) is 44.4 Å². The third kappa shape index (κ3) is 3.33. The van der Waals surface area contributed by atoms with E-state index >= 15 is 0 Å². The molecule has 0 spiro atoms. The van der Waals surface area contributed by atoms with E-state index in [4.69, 9.17) is 0 Å². The fourth-order valence-corrected chi connectivity index (χ4v) is 3.55. The third-order valence-corrected chi connectivity index (χ3v) is 4.75. The van der Waals surface area contributed by atoms with E-state index in [1.807, 2.05) is 19.1 Å². The molecule has 0 radical (unpaired) electrons. The quantitative estimate of drug-likeness (QED) is 0.875. The summed E-state index contributed by atoms with van der Waals surface area (Å²) in [7, 11) is 0. The molecule has 0 bridgehead atoms. The molecule has 3 rings (SSSR count). The lowest BCUT2D eigenvalue weighted by Gasteiger charge is -2.37. The number of aromatic nitrogens is 1. The average Bonchev–Trinajstić information content (AvgIpc) is 2.86. The second kappa shape index (κ2) is 7.43. The zero-order chi connectivity index (χ0) is 13.3. The Balaban J connectivity index is 0.00000110. The summed E-state index contributed by atoms with van der Waals surface area (Å²) in [6.07, 6.45) is 6.36. The third-order valence-electron chi connectivity index (χ3n) is 4.75. The fraction of sp³-hybridized carbons (Fsp3) is 0.600. The molecule has 1 amide bonds. The van der Waals surface area contributed by atoms with Crippen molar-refractivity contribution in [2.24, 2.45) is 11.3 Å². The topological polar surface area (TPSA) is 54.0 Å². The number of fused-ring (bicyclic) bond motifs is 1. The molecular formula is C15H23Cl2N3O. The van der Waals surface area contributed by atoms with E-state index < -0.39 is 0 Å². The van der Waals surface area contributed by atoms with Crippen LogP contribution in [0.1, 0.15) is 31.4 Å². The van der Waals surface area contributed by atoms with Crippen LogP contribution >= 0.6 is 24.8 Å². The second-order valence-electron chi connectivity index (χ2n) is 5.82. The lowest BCUT2D eigenvalue weighted by molar-refractivity contribution is -0.128. The molecule has 2 heterocycles. The van der Waals surface area contributed by atoms with Crippen molar-refractivity contribution in [3.63, 3.8) is 0 Å². The zero-order valence-electron chi connectivity index (χ0n) is 12.2. The lowest BCUT2D eigenvalue weighted by atomic mass is 9.67. The van der Waals surface area contributed by atoms with E-state index in [0.29, 0.717) is 5.92 Å². The number of halogens is 2. The molecule has 2 atom stereocenters. The summed E-state index contributed by atoms with van der Waals surface area (Å²) in [5.41, 5.74) is 1.53. The standard InChI is InChI=1S/C15H21N3O.2ClH/c1-11-13(6-4-8-17-11)18-14(19)15-7-3-2-5-12(15)9-16-10-15;;/h4,6,8,12,16H,2-3,5,7,9-10H2,1H3,(H,18,19);2*1H/t12-,15+;;/m0../s1. The number of amides is 1. The van der Waals surface area contributed by atoms with E-state index in [1.54, 1.807) is 6.20 Å². The highest BCUT2D eigenvalue weighted by Crippen LogP contribution is 2.44. The molecule has 4 nitrogen and oxygen atoms in total. The molecule has 0 aromatic carbocycles. The van der Waals surface area contributed by atoms with Gasteiger partial charge in [-0.2, -0.15) is 0 Å². The Morgan fingerprint density at radius 1 is 1.43 bits per heavy atom. The van der Waals surface area contributed by atoms with E-state index in [0.717, 1.165) is 37.3 Å². The average molecular weight is 332 g/mol. The van der Waals surface area contributed by atoms with Crippen molar-refractivity contribution in [2.45, 2.75) is 32.6 Å².